The fraction of sp³-hybridized carbons (Fsp3) is 0.231. The van der Waals surface area contributed by atoms with E-state index in [1.807, 2.05) is 42.6 Å². The number of amides is 2. The standard InChI is InChI=1S/C26H22Br2N8O2/c1-35-22(38)26(36(2)24(35)30)19(16-10-31-17-7-11(27)4-6-14(16)17)25(21(37)33-23(29)34-25)9-15-13-5-3-12(28)8-18(13)32-20(15)26/h3-8,10,19,30-32H,9H2,1-2H3,(H3,29,33,34,37)/t19-,25-,26+/m1/s1. The Hall–Kier alpha value is -3.64. The molecule has 1 fully saturated rings. The average molecular weight is 638 g/mol. The average Bonchev–Trinajstić information content (AvgIpc) is 3.56. The monoisotopic (exact) mass is 636 g/mol. The number of nitrogens with one attached hydrogen (secondary N) is 4. The summed E-state index contributed by atoms with van der Waals surface area (Å²) in [6, 6.07) is 11.7. The molecular formula is C26H22Br2N8O2. The van der Waals surface area contributed by atoms with E-state index < -0.39 is 17.0 Å². The fourth-order valence-corrected chi connectivity index (χ4v) is 7.48. The molecule has 4 heterocycles. The Balaban J connectivity index is 1.66. The SMILES string of the molecule is CN1C(=N)N(C)[C@]2(C1=O)c1[nH]c3cc(Br)ccc3c1C[C@@]1(N=C(N)NC1=O)[C@H]2c1c[nH]c2cc(Br)ccc12. The minimum absolute atomic E-state index is 0.0142. The van der Waals surface area contributed by atoms with Crippen LogP contribution in [-0.2, 0) is 21.5 Å². The summed E-state index contributed by atoms with van der Waals surface area (Å²) in [5.74, 6) is -1.47. The van der Waals surface area contributed by atoms with Crippen LogP contribution in [0.2, 0.25) is 0 Å². The normalized spacial score (nSPS) is 26.8. The molecule has 2 aromatic carbocycles. The maximum atomic E-state index is 14.5. The predicted molar refractivity (Wildman–Crippen MR) is 151 cm³/mol. The van der Waals surface area contributed by atoms with E-state index in [1.54, 1.807) is 19.0 Å². The summed E-state index contributed by atoms with van der Waals surface area (Å²) in [5, 5.41) is 13.3. The summed E-state index contributed by atoms with van der Waals surface area (Å²) in [4.78, 5) is 43.1. The van der Waals surface area contributed by atoms with Crippen LogP contribution in [0.5, 0.6) is 0 Å². The number of fused-ring (bicyclic) bond motifs is 5. The number of benzene rings is 2. The number of nitrogens with zero attached hydrogens (tertiary/aromatic N) is 3. The van der Waals surface area contributed by atoms with Gasteiger partial charge in [0.1, 0.15) is 0 Å². The van der Waals surface area contributed by atoms with Crippen molar-refractivity contribution in [1.82, 2.24) is 25.1 Å². The van der Waals surface area contributed by atoms with Crippen LogP contribution in [-0.4, -0.2) is 63.1 Å². The zero-order valence-electron chi connectivity index (χ0n) is 20.3. The molecule has 3 atom stereocenters. The first-order chi connectivity index (χ1) is 18.1. The fourth-order valence-electron chi connectivity index (χ4n) is 6.75. The van der Waals surface area contributed by atoms with Gasteiger partial charge in [-0.25, -0.2) is 4.99 Å². The number of aromatic amines is 2. The molecule has 3 aliphatic rings. The number of rotatable bonds is 1. The van der Waals surface area contributed by atoms with Crippen LogP contribution in [0, 0.1) is 5.41 Å². The molecule has 2 spiro atoms. The molecule has 192 valence electrons. The molecule has 1 saturated heterocycles. The molecule has 2 aliphatic heterocycles. The molecular weight excluding hydrogens is 616 g/mol. The smallest absolute Gasteiger partial charge is 0.261 e. The van der Waals surface area contributed by atoms with E-state index in [1.165, 1.54) is 4.90 Å². The van der Waals surface area contributed by atoms with Crippen LogP contribution >= 0.6 is 31.9 Å². The molecule has 2 aromatic heterocycles. The van der Waals surface area contributed by atoms with Gasteiger partial charge in [-0.05, 0) is 35.4 Å². The van der Waals surface area contributed by atoms with Crippen LogP contribution in [0.1, 0.15) is 22.7 Å². The van der Waals surface area contributed by atoms with Crippen molar-refractivity contribution in [3.8, 4) is 0 Å². The van der Waals surface area contributed by atoms with Gasteiger partial charge >= 0.3 is 0 Å². The Kier molecular flexibility index (Phi) is 4.62. The Morgan fingerprint density at radius 2 is 1.76 bits per heavy atom. The maximum Gasteiger partial charge on any atom is 0.261 e. The zero-order chi connectivity index (χ0) is 26.7. The summed E-state index contributed by atoms with van der Waals surface area (Å²) < 4.78 is 1.77. The van der Waals surface area contributed by atoms with Crippen LogP contribution in [0.4, 0.5) is 0 Å². The van der Waals surface area contributed by atoms with E-state index >= 15 is 0 Å². The van der Waals surface area contributed by atoms with Gasteiger partial charge in [0.15, 0.2) is 17.0 Å². The molecule has 6 N–H and O–H groups in total. The number of carbonyl (C=O) groups is 2. The first-order valence-corrected chi connectivity index (χ1v) is 13.5. The Labute approximate surface area is 233 Å². The molecule has 10 nitrogen and oxygen atoms in total. The van der Waals surface area contributed by atoms with E-state index in [2.05, 4.69) is 47.1 Å². The van der Waals surface area contributed by atoms with Crippen LogP contribution in [0.3, 0.4) is 0 Å². The van der Waals surface area contributed by atoms with Gasteiger partial charge in [0, 0.05) is 57.5 Å². The summed E-state index contributed by atoms with van der Waals surface area (Å²) in [7, 11) is 3.32. The van der Waals surface area contributed by atoms with Crippen molar-refractivity contribution >= 4 is 77.4 Å². The molecule has 0 radical (unpaired) electrons. The third-order valence-electron chi connectivity index (χ3n) is 8.33. The van der Waals surface area contributed by atoms with E-state index in [0.717, 1.165) is 41.9 Å². The van der Waals surface area contributed by atoms with Gasteiger partial charge in [-0.1, -0.05) is 44.0 Å². The van der Waals surface area contributed by atoms with Crippen molar-refractivity contribution in [2.24, 2.45) is 10.7 Å². The van der Waals surface area contributed by atoms with Crippen LogP contribution in [0.15, 0.2) is 56.5 Å². The molecule has 0 bridgehead atoms. The summed E-state index contributed by atoms with van der Waals surface area (Å²) in [6.45, 7) is 0. The highest BCUT2D eigenvalue weighted by Crippen LogP contribution is 2.60. The highest BCUT2D eigenvalue weighted by atomic mass is 79.9. The number of likely N-dealkylation sites (N-methyl/N-ethyl adjacent to an activating group) is 2. The lowest BCUT2D eigenvalue weighted by Crippen LogP contribution is -2.63. The second-order valence-electron chi connectivity index (χ2n) is 10.1. The van der Waals surface area contributed by atoms with E-state index in [-0.39, 0.29) is 30.2 Å². The predicted octanol–water partition coefficient (Wildman–Crippen LogP) is 3.23. The Bertz CT molecular complexity index is 1790. The van der Waals surface area contributed by atoms with Crippen molar-refractivity contribution in [3.05, 3.63) is 68.4 Å². The second-order valence-corrected chi connectivity index (χ2v) is 11.9. The molecule has 1 aliphatic carbocycles. The number of halogens is 2. The van der Waals surface area contributed by atoms with Crippen molar-refractivity contribution in [2.45, 2.75) is 23.4 Å². The van der Waals surface area contributed by atoms with Crippen molar-refractivity contribution in [2.75, 3.05) is 14.1 Å². The van der Waals surface area contributed by atoms with Gasteiger partial charge in [-0.2, -0.15) is 0 Å². The lowest BCUT2D eigenvalue weighted by Gasteiger charge is -2.49. The molecule has 7 rings (SSSR count). The molecule has 0 saturated carbocycles. The second kappa shape index (κ2) is 7.48. The van der Waals surface area contributed by atoms with Gasteiger partial charge in [0.05, 0.1) is 11.6 Å². The number of nitrogens with two attached hydrogens (primary N) is 1. The number of H-pyrrole nitrogens is 2. The van der Waals surface area contributed by atoms with Crippen LogP contribution < -0.4 is 11.1 Å². The van der Waals surface area contributed by atoms with Crippen LogP contribution in [0.25, 0.3) is 21.8 Å². The summed E-state index contributed by atoms with van der Waals surface area (Å²) >= 11 is 7.07. The van der Waals surface area contributed by atoms with Crippen molar-refractivity contribution in [1.29, 1.82) is 5.41 Å². The minimum Gasteiger partial charge on any atom is -0.370 e. The maximum absolute atomic E-state index is 14.5. The number of carbonyl (C=O) groups excluding carboxylic acids is 2. The van der Waals surface area contributed by atoms with Gasteiger partial charge < -0.3 is 20.6 Å². The minimum atomic E-state index is -1.47. The van der Waals surface area contributed by atoms with Crippen molar-refractivity contribution in [3.63, 3.8) is 0 Å². The van der Waals surface area contributed by atoms with Gasteiger partial charge in [0.2, 0.25) is 5.96 Å². The third-order valence-corrected chi connectivity index (χ3v) is 9.31. The highest BCUT2D eigenvalue weighted by molar-refractivity contribution is 9.10. The first kappa shape index (κ1) is 23.5. The van der Waals surface area contributed by atoms with Gasteiger partial charge in [-0.3, -0.25) is 25.2 Å². The zero-order valence-corrected chi connectivity index (χ0v) is 23.5. The van der Waals surface area contributed by atoms with E-state index in [0.29, 0.717) is 5.69 Å². The molecule has 2 amide bonds. The molecule has 0 unspecified atom stereocenters. The lowest BCUT2D eigenvalue weighted by atomic mass is 9.58. The number of hydrogen-bond donors (Lipinski definition) is 5. The summed E-state index contributed by atoms with van der Waals surface area (Å²) in [5.41, 5.74) is 7.12. The van der Waals surface area contributed by atoms with Gasteiger partial charge in [-0.15, -0.1) is 0 Å². The highest BCUT2D eigenvalue weighted by Gasteiger charge is 2.71. The van der Waals surface area contributed by atoms with Crippen molar-refractivity contribution < 1.29 is 9.59 Å². The van der Waals surface area contributed by atoms with E-state index in [4.69, 9.17) is 16.1 Å². The summed E-state index contributed by atoms with van der Waals surface area (Å²) in [6.07, 6.45) is 2.07. The quantitative estimate of drug-likeness (QED) is 0.218. The number of hydrogen-bond acceptors (Lipinski definition) is 5. The lowest BCUT2D eigenvalue weighted by molar-refractivity contribution is -0.137. The number of aliphatic imine (C=N–C) groups is 1. The largest absolute Gasteiger partial charge is 0.370 e. The topological polar surface area (TPSA) is 146 Å². The molecule has 4 aromatic rings. The third kappa shape index (κ3) is 2.66. The van der Waals surface area contributed by atoms with Gasteiger partial charge in [0.25, 0.3) is 11.8 Å². The first-order valence-electron chi connectivity index (χ1n) is 11.9. The Morgan fingerprint density at radius 3 is 2.39 bits per heavy atom. The molecule has 12 heteroatoms. The molecule has 38 heavy (non-hydrogen) atoms. The van der Waals surface area contributed by atoms with E-state index in [9.17, 15) is 9.59 Å². The number of guanidine groups is 2. The number of aromatic nitrogens is 2. The Morgan fingerprint density at radius 1 is 1.08 bits per heavy atom.